The van der Waals surface area contributed by atoms with Gasteiger partial charge in [-0.15, -0.1) is 0 Å². The van der Waals surface area contributed by atoms with Gasteiger partial charge in [0.2, 0.25) is 0 Å². The second kappa shape index (κ2) is 3.29. The highest BCUT2D eigenvalue weighted by Crippen LogP contribution is 2.20. The van der Waals surface area contributed by atoms with Gasteiger partial charge in [-0.25, -0.2) is 4.79 Å². The Morgan fingerprint density at radius 2 is 2.50 bits per heavy atom. The molecule has 2 heterocycles. The highest BCUT2D eigenvalue weighted by Gasteiger charge is 2.26. The van der Waals surface area contributed by atoms with Gasteiger partial charge in [0.1, 0.15) is 0 Å². The van der Waals surface area contributed by atoms with Crippen LogP contribution in [0.4, 0.5) is 4.79 Å². The summed E-state index contributed by atoms with van der Waals surface area (Å²) in [6.45, 7) is 2.37. The first-order chi connectivity index (χ1) is 6.68. The molecule has 1 aliphatic heterocycles. The van der Waals surface area contributed by atoms with E-state index >= 15 is 0 Å². The Labute approximate surface area is 82.2 Å². The Balaban J connectivity index is 2.31. The molecule has 0 radical (unpaired) electrons. The summed E-state index contributed by atoms with van der Waals surface area (Å²) >= 11 is 0. The van der Waals surface area contributed by atoms with Crippen LogP contribution in [0.15, 0.2) is 18.3 Å². The van der Waals surface area contributed by atoms with Gasteiger partial charge in [0.05, 0.1) is 6.54 Å². The van der Waals surface area contributed by atoms with Gasteiger partial charge in [-0.2, -0.15) is 0 Å². The van der Waals surface area contributed by atoms with Crippen molar-refractivity contribution < 1.29 is 9.90 Å². The molecule has 1 atom stereocenters. The zero-order chi connectivity index (χ0) is 10.1. The topological polar surface area (TPSA) is 53.4 Å². The van der Waals surface area contributed by atoms with Crippen molar-refractivity contribution in [2.45, 2.75) is 25.9 Å². The van der Waals surface area contributed by atoms with E-state index in [9.17, 15) is 4.79 Å². The largest absolute Gasteiger partial charge is 0.465 e. The van der Waals surface area contributed by atoms with E-state index in [2.05, 4.69) is 4.98 Å². The molecule has 4 nitrogen and oxygen atoms in total. The number of amides is 1. The first-order valence-corrected chi connectivity index (χ1v) is 4.61. The number of pyridine rings is 1. The molecule has 0 aliphatic carbocycles. The highest BCUT2D eigenvalue weighted by atomic mass is 16.4. The predicted molar refractivity (Wildman–Crippen MR) is 51.0 cm³/mol. The molecule has 0 saturated carbocycles. The number of hydrogen-bond acceptors (Lipinski definition) is 2. The molecule has 1 N–H and O–H groups in total. The Morgan fingerprint density at radius 1 is 1.71 bits per heavy atom. The van der Waals surface area contributed by atoms with E-state index in [0.29, 0.717) is 13.0 Å². The van der Waals surface area contributed by atoms with Crippen molar-refractivity contribution in [3.63, 3.8) is 0 Å². The summed E-state index contributed by atoms with van der Waals surface area (Å²) in [4.78, 5) is 16.6. The smallest absolute Gasteiger partial charge is 0.407 e. The summed E-state index contributed by atoms with van der Waals surface area (Å²) in [6, 6.07) is 3.80. The summed E-state index contributed by atoms with van der Waals surface area (Å²) in [7, 11) is 0. The summed E-state index contributed by atoms with van der Waals surface area (Å²) in [5.74, 6) is 0. The lowest BCUT2D eigenvalue weighted by Crippen LogP contribution is -2.42. The van der Waals surface area contributed by atoms with Crippen LogP contribution in [-0.2, 0) is 13.0 Å². The van der Waals surface area contributed by atoms with Crippen molar-refractivity contribution in [3.05, 3.63) is 29.6 Å². The molecule has 4 heteroatoms. The quantitative estimate of drug-likeness (QED) is 0.677. The minimum Gasteiger partial charge on any atom is -0.465 e. The van der Waals surface area contributed by atoms with Crippen molar-refractivity contribution >= 4 is 6.09 Å². The molecule has 14 heavy (non-hydrogen) atoms. The first-order valence-electron chi connectivity index (χ1n) is 4.61. The van der Waals surface area contributed by atoms with Crippen LogP contribution in [0.1, 0.15) is 18.2 Å². The third kappa shape index (κ3) is 1.43. The molecule has 1 aliphatic rings. The zero-order valence-corrected chi connectivity index (χ0v) is 7.97. The van der Waals surface area contributed by atoms with Gasteiger partial charge in [-0.05, 0) is 18.6 Å². The lowest BCUT2D eigenvalue weighted by Gasteiger charge is -2.31. The van der Waals surface area contributed by atoms with Gasteiger partial charge in [-0.3, -0.25) is 4.98 Å². The molecule has 0 spiro atoms. The number of nitrogens with zero attached hydrogens (tertiary/aromatic N) is 2. The van der Waals surface area contributed by atoms with E-state index in [4.69, 9.17) is 5.11 Å². The molecule has 0 fully saturated rings. The third-order valence-electron chi connectivity index (χ3n) is 2.59. The van der Waals surface area contributed by atoms with Gasteiger partial charge < -0.3 is 10.0 Å². The molecule has 1 aromatic rings. The highest BCUT2D eigenvalue weighted by molar-refractivity contribution is 5.66. The van der Waals surface area contributed by atoms with Crippen LogP contribution in [-0.4, -0.2) is 27.1 Å². The van der Waals surface area contributed by atoms with Crippen molar-refractivity contribution in [2.24, 2.45) is 0 Å². The summed E-state index contributed by atoms with van der Waals surface area (Å²) in [5.41, 5.74) is 2.05. The number of carbonyl (C=O) groups is 1. The molecule has 1 aromatic heterocycles. The van der Waals surface area contributed by atoms with Crippen LogP contribution < -0.4 is 0 Å². The zero-order valence-electron chi connectivity index (χ0n) is 7.97. The summed E-state index contributed by atoms with van der Waals surface area (Å²) in [5, 5.41) is 8.94. The van der Waals surface area contributed by atoms with Crippen molar-refractivity contribution in [1.29, 1.82) is 0 Å². The van der Waals surface area contributed by atoms with E-state index < -0.39 is 6.09 Å². The van der Waals surface area contributed by atoms with E-state index in [1.807, 2.05) is 19.1 Å². The van der Waals surface area contributed by atoms with Gasteiger partial charge >= 0.3 is 6.09 Å². The number of carboxylic acid groups (broad SMARTS) is 1. The second-order valence-corrected chi connectivity index (χ2v) is 3.57. The number of aromatic nitrogens is 1. The fourth-order valence-electron chi connectivity index (χ4n) is 1.78. The van der Waals surface area contributed by atoms with Crippen LogP contribution in [0.25, 0.3) is 0 Å². The van der Waals surface area contributed by atoms with E-state index in [0.717, 1.165) is 11.3 Å². The summed E-state index contributed by atoms with van der Waals surface area (Å²) in [6.07, 6.45) is 1.61. The van der Waals surface area contributed by atoms with Crippen LogP contribution in [0.5, 0.6) is 0 Å². The third-order valence-corrected chi connectivity index (χ3v) is 2.59. The molecule has 0 saturated heterocycles. The fraction of sp³-hybridized carbons (Fsp3) is 0.400. The van der Waals surface area contributed by atoms with Gasteiger partial charge in [0.15, 0.2) is 0 Å². The minimum atomic E-state index is -0.855. The Morgan fingerprint density at radius 3 is 3.21 bits per heavy atom. The maximum absolute atomic E-state index is 10.9. The minimum absolute atomic E-state index is 0.0231. The molecule has 74 valence electrons. The SMILES string of the molecule is CC1Cc2ncccc2CN1C(=O)O. The van der Waals surface area contributed by atoms with Crippen LogP contribution >= 0.6 is 0 Å². The second-order valence-electron chi connectivity index (χ2n) is 3.57. The molecule has 2 rings (SSSR count). The number of fused-ring (bicyclic) bond motifs is 1. The maximum atomic E-state index is 10.9. The number of hydrogen-bond donors (Lipinski definition) is 1. The normalized spacial score (nSPS) is 20.4. The fourth-order valence-corrected chi connectivity index (χ4v) is 1.78. The lowest BCUT2D eigenvalue weighted by atomic mass is 10.0. The first kappa shape index (κ1) is 8.99. The van der Waals surface area contributed by atoms with E-state index in [-0.39, 0.29) is 6.04 Å². The predicted octanol–water partition coefficient (Wildman–Crippen LogP) is 1.51. The average molecular weight is 192 g/mol. The standard InChI is InChI=1S/C10H12N2O2/c1-7-5-9-8(3-2-4-11-9)6-12(7)10(13)14/h2-4,7H,5-6H2,1H3,(H,13,14). The van der Waals surface area contributed by atoms with Gasteiger partial charge in [-0.1, -0.05) is 6.07 Å². The van der Waals surface area contributed by atoms with Gasteiger partial charge in [0, 0.05) is 24.4 Å². The monoisotopic (exact) mass is 192 g/mol. The molecular weight excluding hydrogens is 180 g/mol. The average Bonchev–Trinajstić information content (AvgIpc) is 2.16. The molecule has 0 aromatic carbocycles. The Bertz CT molecular complexity index is 365. The van der Waals surface area contributed by atoms with Crippen LogP contribution in [0, 0.1) is 0 Å². The van der Waals surface area contributed by atoms with E-state index in [1.54, 1.807) is 6.20 Å². The summed E-state index contributed by atoms with van der Waals surface area (Å²) < 4.78 is 0. The Kier molecular flexibility index (Phi) is 2.11. The Hall–Kier alpha value is -1.58. The maximum Gasteiger partial charge on any atom is 0.407 e. The van der Waals surface area contributed by atoms with Crippen molar-refractivity contribution in [1.82, 2.24) is 9.88 Å². The van der Waals surface area contributed by atoms with Crippen LogP contribution in [0.2, 0.25) is 0 Å². The van der Waals surface area contributed by atoms with Crippen molar-refractivity contribution in [3.8, 4) is 0 Å². The van der Waals surface area contributed by atoms with Crippen molar-refractivity contribution in [2.75, 3.05) is 0 Å². The molecular formula is C10H12N2O2. The van der Waals surface area contributed by atoms with Crippen LogP contribution in [0.3, 0.4) is 0 Å². The number of rotatable bonds is 0. The molecule has 1 amide bonds. The molecule has 1 unspecified atom stereocenters. The van der Waals surface area contributed by atoms with E-state index in [1.165, 1.54) is 4.90 Å². The lowest BCUT2D eigenvalue weighted by molar-refractivity contribution is 0.119. The van der Waals surface area contributed by atoms with Gasteiger partial charge in [0.25, 0.3) is 0 Å². The molecule has 0 bridgehead atoms.